The minimum atomic E-state index is -1.88. The molecule has 1 aliphatic rings. The zero-order chi connectivity index (χ0) is 21.4. The minimum absolute atomic E-state index is 0.832. The summed E-state index contributed by atoms with van der Waals surface area (Å²) in [5, 5.41) is 1.31. The normalized spacial score (nSPS) is 21.4. The molecule has 1 saturated heterocycles. The molecule has 1 heterocycles. The second-order valence-corrected chi connectivity index (χ2v) is 16.2. The highest BCUT2D eigenvalue weighted by molar-refractivity contribution is 6.66. The molecule has 0 radical (unpaired) electrons. The van der Waals surface area contributed by atoms with Crippen LogP contribution in [0.4, 0.5) is 0 Å². The topological polar surface area (TPSA) is 36.9 Å². The highest BCUT2D eigenvalue weighted by Crippen LogP contribution is 2.36. The Hall–Kier alpha value is -0.332. The molecule has 0 bridgehead atoms. The molecule has 0 aliphatic carbocycles. The summed E-state index contributed by atoms with van der Waals surface area (Å²) in [5.74, 6) is 0. The number of hydrogen-bond donors (Lipinski definition) is 0. The first kappa shape index (κ1) is 24.9. The van der Waals surface area contributed by atoms with E-state index in [2.05, 4.69) is 48.5 Å². The molecule has 1 aromatic carbocycles. The van der Waals surface area contributed by atoms with Crippen molar-refractivity contribution in [2.24, 2.45) is 0 Å². The average molecular weight is 469 g/mol. The fourth-order valence-electron chi connectivity index (χ4n) is 4.39. The maximum Gasteiger partial charge on any atom is 0.333 e. The van der Waals surface area contributed by atoms with Crippen molar-refractivity contribution in [3.63, 3.8) is 0 Å². The van der Waals surface area contributed by atoms with Gasteiger partial charge in [-0.05, 0) is 91.1 Å². The maximum absolute atomic E-state index is 6.16. The van der Waals surface area contributed by atoms with E-state index in [4.69, 9.17) is 16.5 Å². The van der Waals surface area contributed by atoms with Crippen LogP contribution in [-0.2, 0) is 35.7 Å². The van der Waals surface area contributed by atoms with E-state index in [0.717, 1.165) is 6.42 Å². The van der Waals surface area contributed by atoms with Crippen LogP contribution in [0, 0.1) is 13.8 Å². The van der Waals surface area contributed by atoms with E-state index in [0.29, 0.717) is 0 Å². The zero-order valence-corrected chi connectivity index (χ0v) is 25.0. The quantitative estimate of drug-likeness (QED) is 0.550. The van der Waals surface area contributed by atoms with Crippen molar-refractivity contribution in [3.8, 4) is 0 Å². The molecule has 0 saturated carbocycles. The molecule has 1 fully saturated rings. The van der Waals surface area contributed by atoms with Gasteiger partial charge in [0.2, 0.25) is 0 Å². The van der Waals surface area contributed by atoms with Gasteiger partial charge in [-0.25, -0.2) is 0 Å². The van der Waals surface area contributed by atoms with Crippen LogP contribution in [0.25, 0.3) is 5.57 Å². The highest BCUT2D eigenvalue weighted by Gasteiger charge is 2.25. The molecule has 4 nitrogen and oxygen atoms in total. The van der Waals surface area contributed by atoms with Crippen molar-refractivity contribution in [1.82, 2.24) is 0 Å². The van der Waals surface area contributed by atoms with Crippen LogP contribution in [0.5, 0.6) is 0 Å². The third-order valence-corrected chi connectivity index (χ3v) is 13.3. The van der Waals surface area contributed by atoms with E-state index in [9.17, 15) is 0 Å². The first-order chi connectivity index (χ1) is 14.0. The van der Waals surface area contributed by atoms with Gasteiger partial charge in [0.05, 0.1) is 0 Å². The van der Waals surface area contributed by atoms with E-state index in [-0.39, 0.29) is 0 Å². The summed E-state index contributed by atoms with van der Waals surface area (Å²) in [7, 11) is -4.62. The Kier molecular flexibility index (Phi) is 10.8. The van der Waals surface area contributed by atoms with Gasteiger partial charge in [-0.1, -0.05) is 40.0 Å². The SMILES string of the molecule is CCCc1c(C)c(C)c(C(C)=C(C)[SiH]2O[SiH2]O[SiH2]O[SiH2]O2)c(CCC)c1CCC. The average Bonchev–Trinajstić information content (AvgIpc) is 2.68. The Labute approximate surface area is 186 Å². The third kappa shape index (κ3) is 6.10. The molecule has 1 aliphatic heterocycles. The molecular formula is C21H40O4Si4. The number of hydrogen-bond acceptors (Lipinski definition) is 4. The van der Waals surface area contributed by atoms with Crippen molar-refractivity contribution in [2.45, 2.75) is 87.0 Å². The molecule has 8 heteroatoms. The lowest BCUT2D eigenvalue weighted by Gasteiger charge is -2.27. The summed E-state index contributed by atoms with van der Waals surface area (Å²) in [4.78, 5) is 0. The van der Waals surface area contributed by atoms with Gasteiger partial charge in [-0.2, -0.15) is 0 Å². The first-order valence-electron chi connectivity index (χ1n) is 11.2. The first-order valence-corrected chi connectivity index (χ1v) is 16.2. The molecule has 0 N–H and O–H groups in total. The smallest absolute Gasteiger partial charge is 0.333 e. The molecule has 0 spiro atoms. The summed E-state index contributed by atoms with van der Waals surface area (Å²) in [6.07, 6.45) is 7.05. The maximum atomic E-state index is 6.16. The van der Waals surface area contributed by atoms with Crippen LogP contribution in [0.3, 0.4) is 0 Å². The second kappa shape index (κ2) is 12.5. The lowest BCUT2D eigenvalue weighted by Crippen LogP contribution is -2.34. The van der Waals surface area contributed by atoms with Crippen LogP contribution in [0.1, 0.15) is 87.3 Å². The van der Waals surface area contributed by atoms with Gasteiger partial charge in [0.25, 0.3) is 30.0 Å². The van der Waals surface area contributed by atoms with Crippen molar-refractivity contribution in [3.05, 3.63) is 38.6 Å². The van der Waals surface area contributed by atoms with E-state index in [1.54, 1.807) is 16.7 Å². The lowest BCUT2D eigenvalue weighted by molar-refractivity contribution is 0.334. The monoisotopic (exact) mass is 468 g/mol. The molecular weight excluding hydrogens is 429 g/mol. The minimum Gasteiger partial charge on any atom is -0.425 e. The largest absolute Gasteiger partial charge is 0.425 e. The van der Waals surface area contributed by atoms with Crippen molar-refractivity contribution >= 4 is 44.9 Å². The second-order valence-electron chi connectivity index (χ2n) is 8.05. The number of allylic oxidation sites excluding steroid dienone is 2. The summed E-state index contributed by atoms with van der Waals surface area (Å²) >= 11 is 0. The third-order valence-electron chi connectivity index (χ3n) is 6.01. The van der Waals surface area contributed by atoms with Gasteiger partial charge < -0.3 is 16.5 Å². The van der Waals surface area contributed by atoms with E-state index < -0.39 is 39.3 Å². The van der Waals surface area contributed by atoms with Gasteiger partial charge in [-0.15, -0.1) is 0 Å². The van der Waals surface area contributed by atoms with Gasteiger partial charge in [0.15, 0.2) is 0 Å². The lowest BCUT2D eigenvalue weighted by atomic mass is 9.80. The summed E-state index contributed by atoms with van der Waals surface area (Å²) in [6, 6.07) is 0. The molecule has 0 atom stereocenters. The highest BCUT2D eigenvalue weighted by atomic mass is 28.4. The van der Waals surface area contributed by atoms with Gasteiger partial charge >= 0.3 is 9.28 Å². The van der Waals surface area contributed by atoms with Crippen LogP contribution in [0.2, 0.25) is 0 Å². The van der Waals surface area contributed by atoms with Crippen molar-refractivity contribution in [2.75, 3.05) is 0 Å². The summed E-state index contributed by atoms with van der Waals surface area (Å²) in [6.45, 7) is 16.0. The Balaban J connectivity index is 2.64. The Morgan fingerprint density at radius 1 is 0.724 bits per heavy atom. The molecule has 1 aromatic rings. The molecule has 29 heavy (non-hydrogen) atoms. The molecule has 0 aromatic heterocycles. The molecule has 164 valence electrons. The van der Waals surface area contributed by atoms with Crippen molar-refractivity contribution < 1.29 is 16.5 Å². The van der Waals surface area contributed by atoms with Gasteiger partial charge in [0.1, 0.15) is 0 Å². The van der Waals surface area contributed by atoms with Crippen LogP contribution >= 0.6 is 0 Å². The number of rotatable bonds is 8. The van der Waals surface area contributed by atoms with E-state index >= 15 is 0 Å². The Morgan fingerprint density at radius 2 is 1.24 bits per heavy atom. The zero-order valence-electron chi connectivity index (χ0n) is 19.6. The fourth-order valence-corrected chi connectivity index (χ4v) is 13.7. The fraction of sp³-hybridized carbons (Fsp3) is 0.619. The molecule has 0 amide bonds. The van der Waals surface area contributed by atoms with Gasteiger partial charge in [-0.3, -0.25) is 0 Å². The van der Waals surface area contributed by atoms with Crippen LogP contribution < -0.4 is 0 Å². The molecule has 0 unspecified atom stereocenters. The summed E-state index contributed by atoms with van der Waals surface area (Å²) < 4.78 is 23.6. The van der Waals surface area contributed by atoms with Crippen LogP contribution in [0.15, 0.2) is 5.20 Å². The van der Waals surface area contributed by atoms with Crippen molar-refractivity contribution in [1.29, 1.82) is 0 Å². The van der Waals surface area contributed by atoms with Gasteiger partial charge in [0, 0.05) is 0 Å². The predicted molar refractivity (Wildman–Crippen MR) is 133 cm³/mol. The van der Waals surface area contributed by atoms with Crippen LogP contribution in [-0.4, -0.2) is 39.3 Å². The predicted octanol–water partition coefficient (Wildman–Crippen LogP) is 2.79. The number of benzene rings is 1. The standard InChI is InChI=1S/C21H40O4Si4/c1-8-11-18-14(4)15(5)21(20(13-10-3)19(18)12-9-2)16(6)17(7)29-24-27-22-26-23-28-25-29/h29H,8-13,26-28H2,1-7H3. The Bertz CT molecular complexity index is 713. The van der Waals surface area contributed by atoms with E-state index in [1.165, 1.54) is 59.6 Å². The molecule has 2 rings (SSSR count). The Morgan fingerprint density at radius 3 is 1.79 bits per heavy atom. The summed E-state index contributed by atoms with van der Waals surface area (Å²) in [5.41, 5.74) is 10.6. The van der Waals surface area contributed by atoms with E-state index in [1.807, 2.05) is 0 Å².